The number of Topliss-reactive ketones (excluding diaryl/α,β-unsaturated/α-hetero) is 3. The topological polar surface area (TPSA) is 276 Å². The highest BCUT2D eigenvalue weighted by molar-refractivity contribution is 14.2. The number of hydrogen-bond donors (Lipinski definition) is 5. The van der Waals surface area contributed by atoms with E-state index in [1.165, 1.54) is 59.4 Å². The van der Waals surface area contributed by atoms with Crippen LogP contribution in [0.4, 0.5) is 5.82 Å². The van der Waals surface area contributed by atoms with Gasteiger partial charge in [0.25, 0.3) is 17.7 Å². The van der Waals surface area contributed by atoms with Crippen molar-refractivity contribution < 1.29 is 67.7 Å². The number of esters is 1. The molecule has 3 aromatic rings. The third kappa shape index (κ3) is 12.6. The number of aliphatic hydroxyl groups is 2. The highest BCUT2D eigenvalue weighted by atomic mass is 127. The predicted molar refractivity (Wildman–Crippen MR) is 291 cm³/mol. The standard InChI is InChI=1S/C55H67IN6O15/c1-28-13-11-14-29(2)53(70)59-44-43(57-18-19-61(27-56-9)22-35-15-12-16-36(21-35)25-73-37-23-62-24-39(60-71)58-54(62)74-26-37)48(67)40-41(49(44)68)47(66)33(6)51-42(40)52(69)55(8,77-51)75-20-17-38(72-10)30(3)50(76-34(7)63)32(5)46(65)31(4)45(28)64/h11-17,20-21,24,28,30-32,37-38,45-46,50,57,64-66H,9,18-19,22-23,25-27H2,1-8,10H3,(H,59,70)/b13-11+,20-17+,29-14-/t28-,30+,31+,32+,37-,38-,45-,46+,50+,55-/m0/s1. The molecule has 5 bridgehead atoms. The summed E-state index contributed by atoms with van der Waals surface area (Å²) >= 11 is -0.525. The minimum atomic E-state index is -2.14. The number of carbonyl (C=O) groups excluding carboxylic acids is 5. The summed E-state index contributed by atoms with van der Waals surface area (Å²) in [5.41, 5.74) is -0.0685. The molecule has 5 heterocycles. The number of nitrogens with zero attached hydrogens (tertiary/aromatic N) is 4. The first-order chi connectivity index (χ1) is 36.6. The number of benzene rings is 2. The molecule has 5 aliphatic rings. The van der Waals surface area contributed by atoms with Crippen LogP contribution in [-0.2, 0) is 48.2 Å². The number of imidazole rings is 1. The second kappa shape index (κ2) is 24.9. The van der Waals surface area contributed by atoms with E-state index in [0.717, 1.165) is 11.1 Å². The van der Waals surface area contributed by atoms with Crippen LogP contribution in [0.5, 0.6) is 17.5 Å². The van der Waals surface area contributed by atoms with Gasteiger partial charge in [0.05, 0.1) is 60.6 Å². The Bertz CT molecular complexity index is 2930. The SMILES string of the molecule is C=ICN(CCNC1=C2NC(=O)/C(C)=C\C=C\[C@H](C)[C@H](O)[C@@H](C)[C@@H](O)[C@@H](C)[C@H](OC(C)=O)[C@H](C)[C@@H](OC)/C=C/O[C@@]3(C)Oc4c(C)c(O)c(c(c4C3=O)C1=O)C2=O)Cc1cccc(CO[C@@H]2COc3nc(N=O)cn3C2)c1. The molecule has 10 atom stereocenters. The van der Waals surface area contributed by atoms with Crippen LogP contribution in [0.15, 0.2) is 83.2 Å². The van der Waals surface area contributed by atoms with Crippen LogP contribution in [-0.4, -0.2) is 131 Å². The number of amides is 1. The summed E-state index contributed by atoms with van der Waals surface area (Å²) in [5, 5.41) is 43.4. The highest BCUT2D eigenvalue weighted by Gasteiger charge is 2.53. The molecule has 1 aliphatic carbocycles. The minimum absolute atomic E-state index is 0.0325. The Kier molecular flexibility index (Phi) is 18.8. The number of nitrogens with one attached hydrogen (secondary N) is 2. The number of halogens is 1. The molecule has 0 saturated carbocycles. The Morgan fingerprint density at radius 3 is 2.48 bits per heavy atom. The van der Waals surface area contributed by atoms with Crippen LogP contribution < -0.4 is 20.1 Å². The largest absolute Gasteiger partial charge is 0.507 e. The molecule has 0 spiro atoms. The molecule has 0 fully saturated rings. The fourth-order valence-electron chi connectivity index (χ4n) is 10.0. The van der Waals surface area contributed by atoms with Gasteiger partial charge >= 0.3 is 11.8 Å². The molecule has 4 aliphatic heterocycles. The Morgan fingerprint density at radius 2 is 1.78 bits per heavy atom. The zero-order valence-electron chi connectivity index (χ0n) is 44.5. The third-order valence-corrected chi connectivity index (χ3v) is 15.9. The zero-order chi connectivity index (χ0) is 56.0. The first-order valence-electron chi connectivity index (χ1n) is 25.2. The lowest BCUT2D eigenvalue weighted by atomic mass is 9.78. The van der Waals surface area contributed by atoms with Gasteiger partial charge in [-0.2, -0.15) is 4.98 Å². The van der Waals surface area contributed by atoms with Crippen molar-refractivity contribution in [3.05, 3.63) is 116 Å². The van der Waals surface area contributed by atoms with E-state index < -0.39 is 126 Å². The predicted octanol–water partition coefficient (Wildman–Crippen LogP) is 5.98. The van der Waals surface area contributed by atoms with E-state index in [-0.39, 0.29) is 59.8 Å². The number of aromatic nitrogens is 2. The van der Waals surface area contributed by atoms with Crippen molar-refractivity contribution in [3.8, 4) is 17.5 Å². The smallest absolute Gasteiger partial charge is 0.312 e. The van der Waals surface area contributed by atoms with Gasteiger partial charge < -0.3 is 54.4 Å². The highest BCUT2D eigenvalue weighted by Crippen LogP contribution is 2.48. The summed E-state index contributed by atoms with van der Waals surface area (Å²) in [5.74, 6) is -9.60. The summed E-state index contributed by atoms with van der Waals surface area (Å²) in [6.07, 6.45) is 4.47. The molecular formula is C55H67IN6O15. The number of allylic oxidation sites excluding steroid dienone is 4. The Hall–Kier alpha value is -6.44. The van der Waals surface area contributed by atoms with Gasteiger partial charge in [-0.05, 0) is 36.2 Å². The monoisotopic (exact) mass is 1180 g/mol. The Morgan fingerprint density at radius 1 is 1.04 bits per heavy atom. The fourth-order valence-corrected chi connectivity index (χ4v) is 11.3. The van der Waals surface area contributed by atoms with Crippen LogP contribution >= 0.6 is 20.7 Å². The Labute approximate surface area is 456 Å². The minimum Gasteiger partial charge on any atom is -0.507 e. The summed E-state index contributed by atoms with van der Waals surface area (Å²) < 4.78 is 42.1. The van der Waals surface area contributed by atoms with Crippen molar-refractivity contribution in [2.75, 3.05) is 31.4 Å². The second-order valence-electron chi connectivity index (χ2n) is 20.0. The average Bonchev–Trinajstić information content (AvgIpc) is 3.98. The van der Waals surface area contributed by atoms with Crippen molar-refractivity contribution in [1.29, 1.82) is 0 Å². The van der Waals surface area contributed by atoms with E-state index in [9.17, 15) is 39.4 Å². The molecule has 414 valence electrons. The van der Waals surface area contributed by atoms with Gasteiger partial charge in [-0.3, -0.25) is 33.4 Å². The second-order valence-corrected chi connectivity index (χ2v) is 21.8. The molecule has 8 rings (SSSR count). The summed E-state index contributed by atoms with van der Waals surface area (Å²) in [6, 6.07) is 8.18. The van der Waals surface area contributed by atoms with Gasteiger partial charge in [0.1, 0.15) is 41.7 Å². The van der Waals surface area contributed by atoms with Crippen molar-refractivity contribution in [1.82, 2.24) is 25.1 Å². The third-order valence-electron chi connectivity index (χ3n) is 14.4. The molecule has 22 heteroatoms. The first kappa shape index (κ1) is 58.2. The van der Waals surface area contributed by atoms with Gasteiger partial charge in [-0.25, -0.2) is 0 Å². The lowest BCUT2D eigenvalue weighted by Crippen LogP contribution is -2.46. The van der Waals surface area contributed by atoms with Crippen LogP contribution in [0.1, 0.15) is 96.2 Å². The number of fused-ring (bicyclic) bond motifs is 15. The number of phenolic OH excluding ortho intramolecular Hbond substituents is 1. The summed E-state index contributed by atoms with van der Waals surface area (Å²) in [7, 11) is 1.42. The number of ether oxygens (including phenoxy) is 6. The van der Waals surface area contributed by atoms with E-state index in [2.05, 4.69) is 30.2 Å². The summed E-state index contributed by atoms with van der Waals surface area (Å²) in [6.45, 7) is 14.2. The van der Waals surface area contributed by atoms with E-state index >= 15 is 4.79 Å². The first-order valence-corrected chi connectivity index (χ1v) is 28.2. The molecule has 2 aromatic carbocycles. The Balaban J connectivity index is 1.19. The van der Waals surface area contributed by atoms with Crippen LogP contribution in [0.25, 0.3) is 0 Å². The number of alkyl halides is 1. The molecule has 0 saturated heterocycles. The molecule has 5 N–H and O–H groups in total. The van der Waals surface area contributed by atoms with Gasteiger partial charge in [-0.1, -0.05) is 74.7 Å². The number of methoxy groups -OCH3 is 1. The van der Waals surface area contributed by atoms with Gasteiger partial charge in [-0.15, -0.1) is 25.6 Å². The molecule has 1 aromatic heterocycles. The number of aliphatic hydroxyl groups excluding tert-OH is 2. The zero-order valence-corrected chi connectivity index (χ0v) is 46.7. The van der Waals surface area contributed by atoms with E-state index in [4.69, 9.17) is 28.4 Å². The van der Waals surface area contributed by atoms with Gasteiger partial charge in [0.15, 0.2) is 0 Å². The van der Waals surface area contributed by atoms with Crippen LogP contribution in [0, 0.1) is 35.5 Å². The van der Waals surface area contributed by atoms with E-state index in [0.29, 0.717) is 30.2 Å². The number of ketones is 3. The van der Waals surface area contributed by atoms with Crippen LogP contribution in [0.2, 0.25) is 0 Å². The van der Waals surface area contributed by atoms with Crippen molar-refractivity contribution in [2.45, 2.75) is 111 Å². The van der Waals surface area contributed by atoms with Crippen molar-refractivity contribution in [2.24, 2.45) is 28.8 Å². The quantitative estimate of drug-likeness (QED) is 0.0408. The fraction of sp³-hybridized carbons (Fsp3) is 0.473. The number of carbonyl (C=O) groups is 5. The number of hydrogen-bond acceptors (Lipinski definition) is 19. The molecule has 21 nitrogen and oxygen atoms in total. The molecule has 0 radical (unpaired) electrons. The van der Waals surface area contributed by atoms with Crippen LogP contribution in [0.3, 0.4) is 0 Å². The van der Waals surface area contributed by atoms with Gasteiger partial charge in [0, 0.05) is 80.0 Å². The normalized spacial score (nSPS) is 28.4. The lowest BCUT2D eigenvalue weighted by Gasteiger charge is -2.38. The molecule has 0 unspecified atom stereocenters. The molecule has 1 amide bonds. The number of rotatable bonds is 14. The number of nitroso groups, excluding NO2 is 1. The summed E-state index contributed by atoms with van der Waals surface area (Å²) in [4.78, 5) is 88.2. The van der Waals surface area contributed by atoms with E-state index in [1.54, 1.807) is 44.4 Å². The molecular weight excluding hydrogens is 1110 g/mol. The number of phenols is 1. The lowest BCUT2D eigenvalue weighted by molar-refractivity contribution is -0.160. The van der Waals surface area contributed by atoms with E-state index in [1.807, 2.05) is 24.3 Å². The maximum absolute atomic E-state index is 15.1. The maximum Gasteiger partial charge on any atom is 0.312 e. The number of aromatic hydroxyl groups is 1. The average molecular weight is 1180 g/mol. The van der Waals surface area contributed by atoms with Crippen molar-refractivity contribution in [3.63, 3.8) is 0 Å². The molecule has 77 heavy (non-hydrogen) atoms. The van der Waals surface area contributed by atoms with Crippen molar-refractivity contribution >= 4 is 60.3 Å². The maximum atomic E-state index is 15.1. The van der Waals surface area contributed by atoms with Gasteiger partial charge in [0.2, 0.25) is 17.4 Å².